The van der Waals surface area contributed by atoms with Gasteiger partial charge in [-0.25, -0.2) is 0 Å². The van der Waals surface area contributed by atoms with Gasteiger partial charge in [-0.2, -0.15) is 0 Å². The van der Waals surface area contributed by atoms with Gasteiger partial charge in [0, 0.05) is 0 Å². The zero-order valence-electron chi connectivity index (χ0n) is 10.6. The van der Waals surface area contributed by atoms with Crippen LogP contribution < -0.4 is 4.89 Å². The monoisotopic (exact) mass is 279 g/mol. The summed E-state index contributed by atoms with van der Waals surface area (Å²) >= 11 is 0. The molecule has 6 nitrogen and oxygen atoms in total. The van der Waals surface area contributed by atoms with Crippen molar-refractivity contribution in [2.24, 2.45) is 0 Å². The van der Waals surface area contributed by atoms with Crippen LogP contribution in [0.1, 0.15) is 2.85 Å². The number of aliphatic hydroxyl groups excluding tert-OH is 1. The normalized spacial score (nSPS) is 10.2. The van der Waals surface area contributed by atoms with E-state index in [1.165, 1.54) is 0 Å². The van der Waals surface area contributed by atoms with Gasteiger partial charge in [0.25, 0.3) is 7.82 Å². The number of phosphoric acid groups is 1. The van der Waals surface area contributed by atoms with Crippen molar-refractivity contribution in [3.05, 3.63) is 0 Å². The molecule has 0 aliphatic carbocycles. The van der Waals surface area contributed by atoms with E-state index in [0.717, 1.165) is 11.0 Å². The fourth-order valence-electron chi connectivity index (χ4n) is 0.300. The van der Waals surface area contributed by atoms with Crippen molar-refractivity contribution in [2.45, 2.75) is 0 Å². The first-order valence-corrected chi connectivity index (χ1v) is 4.77. The molecular weight excluding hydrogens is 261 g/mol. The quantitative estimate of drug-likeness (QED) is 0.321. The van der Waals surface area contributed by atoms with E-state index in [1.54, 1.807) is 0 Å². The van der Waals surface area contributed by atoms with Gasteiger partial charge in [0.15, 0.2) is 0 Å². The molecule has 0 heterocycles. The molecule has 0 rings (SSSR count). The maximum atomic E-state index is 8.77. The third-order valence-electron chi connectivity index (χ3n) is 0.771. The first kappa shape index (κ1) is 24.7. The molecule has 0 spiro atoms. The Kier molecular flexibility index (Phi) is 19.5. The van der Waals surface area contributed by atoms with Crippen molar-refractivity contribution in [1.82, 2.24) is 0 Å². The number of rotatable bonds is 2. The Balaban J connectivity index is -0.0000000258. The van der Waals surface area contributed by atoms with Crippen LogP contribution in [0.3, 0.4) is 0 Å². The molecule has 3 N–H and O–H groups in total. The molecule has 0 radical (unpaired) electrons. The van der Waals surface area contributed by atoms with Crippen LogP contribution in [0.5, 0.6) is 0 Å². The van der Waals surface area contributed by atoms with Gasteiger partial charge in [-0.15, -0.1) is 12.4 Å². The Bertz CT molecular complexity index is 159. The Labute approximate surface area is 123 Å². The fraction of sp³-hybridized carbons (Fsp3) is 1.00. The third-order valence-corrected chi connectivity index (χ3v) is 0.771. The average Bonchev–Trinajstić information content (AvgIpc) is 1.54. The predicted molar refractivity (Wildman–Crippen MR) is 57.3 cm³/mol. The number of nitrogens with zero attached hydrogens (tertiary/aromatic N) is 1. The molecule has 0 bridgehead atoms. The minimum absolute atomic E-state index is 0. The largest absolute Gasteiger partial charge is 2.00 e. The Morgan fingerprint density at radius 3 is 1.57 bits per heavy atom. The van der Waals surface area contributed by atoms with Crippen molar-refractivity contribution in [3.63, 3.8) is 0 Å². The van der Waals surface area contributed by atoms with E-state index in [4.69, 9.17) is 24.4 Å². The molecule has 0 aliphatic rings. The smallest absolute Gasteiger partial charge is 1.00 e. The van der Waals surface area contributed by atoms with Crippen LogP contribution in [-0.4, -0.2) is 91.4 Å². The summed E-state index contributed by atoms with van der Waals surface area (Å²) in [7, 11) is 1.27. The summed E-state index contributed by atoms with van der Waals surface area (Å²) in [5.74, 6) is 0. The minimum atomic E-state index is -4.89. The summed E-state index contributed by atoms with van der Waals surface area (Å²) in [4.78, 5) is 22.9. The van der Waals surface area contributed by atoms with Crippen LogP contribution >= 0.6 is 20.2 Å². The number of quaternary nitrogens is 1. The van der Waals surface area contributed by atoms with Crippen LogP contribution in [0.4, 0.5) is 0 Å². The molecule has 14 heavy (non-hydrogen) atoms. The van der Waals surface area contributed by atoms with E-state index < -0.39 is 7.82 Å². The maximum absolute atomic E-state index is 8.77. The Hall–Kier alpha value is 1.58. The first-order valence-electron chi connectivity index (χ1n) is 3.24. The van der Waals surface area contributed by atoms with E-state index in [2.05, 4.69) is 21.1 Å². The second-order valence-corrected chi connectivity index (χ2v) is 4.21. The van der Waals surface area contributed by atoms with Crippen LogP contribution in [0, 0.1) is 0 Å². The standard InChI is InChI=1S/C5H14NO.Ca.ClH.H3O4P.2H/c1-6(2,3)4-5-7;;;1-5(2,3)4;;/h7H,4-5H2,1-3H3;;1H;(H3,1,2,3,4);;/q+1;+2;;;2*-1/p-1. The topological polar surface area (TPSA) is 101 Å². The van der Waals surface area contributed by atoms with Gasteiger partial charge < -0.3 is 27.1 Å². The second-order valence-electron chi connectivity index (χ2n) is 3.23. The SMILES string of the molecule is C[N+](C)(C)CCO.Cl.O=P([O-])(O)O.[Ca+2].[H-].[H-]. The molecule has 0 aromatic heterocycles. The molecule has 0 saturated heterocycles. The minimum Gasteiger partial charge on any atom is -1.00 e. The number of hydrogen-bond donors (Lipinski definition) is 3. The number of halogens is 1. The van der Waals surface area contributed by atoms with Gasteiger partial charge in [0.05, 0.1) is 27.7 Å². The van der Waals surface area contributed by atoms with Crippen molar-refractivity contribution in [1.29, 1.82) is 0 Å². The second kappa shape index (κ2) is 11.1. The van der Waals surface area contributed by atoms with E-state index in [9.17, 15) is 0 Å². The Morgan fingerprint density at radius 1 is 1.36 bits per heavy atom. The summed E-state index contributed by atoms with van der Waals surface area (Å²) in [6.07, 6.45) is 0. The number of hydrogen-bond acceptors (Lipinski definition) is 3. The molecule has 0 aliphatic heterocycles. The van der Waals surface area contributed by atoms with Crippen LogP contribution in [0.15, 0.2) is 0 Å². The molecule has 0 amide bonds. The number of aliphatic hydroxyl groups is 1. The summed E-state index contributed by atoms with van der Waals surface area (Å²) in [6, 6.07) is 0. The van der Waals surface area contributed by atoms with E-state index in [1.807, 2.05) is 0 Å². The zero-order chi connectivity index (χ0) is 10.4. The van der Waals surface area contributed by atoms with E-state index in [-0.39, 0.29) is 59.6 Å². The van der Waals surface area contributed by atoms with Crippen LogP contribution in [-0.2, 0) is 4.57 Å². The predicted octanol–water partition coefficient (Wildman–Crippen LogP) is -1.61. The summed E-state index contributed by atoms with van der Waals surface area (Å²) in [5, 5.41) is 8.39. The molecule has 9 heteroatoms. The maximum Gasteiger partial charge on any atom is 2.00 e. The molecule has 0 atom stereocenters. The van der Waals surface area contributed by atoms with Crippen molar-refractivity contribution < 1.29 is 31.7 Å². The fourth-order valence-corrected chi connectivity index (χ4v) is 0.300. The van der Waals surface area contributed by atoms with Gasteiger partial charge in [0.2, 0.25) is 0 Å². The third kappa shape index (κ3) is 69.0. The Morgan fingerprint density at radius 2 is 1.57 bits per heavy atom. The van der Waals surface area contributed by atoms with Crippen LogP contribution in [0.2, 0.25) is 0 Å². The molecule has 0 unspecified atom stereocenters. The van der Waals surface area contributed by atoms with E-state index in [0.29, 0.717) is 0 Å². The first-order chi connectivity index (χ1) is 5.06. The summed E-state index contributed by atoms with van der Waals surface area (Å²) < 4.78 is 9.61. The van der Waals surface area contributed by atoms with Crippen molar-refractivity contribution >= 4 is 58.0 Å². The van der Waals surface area contributed by atoms with Gasteiger partial charge >= 0.3 is 37.7 Å². The molecule has 0 aromatic rings. The molecule has 88 valence electrons. The van der Waals surface area contributed by atoms with Crippen molar-refractivity contribution in [3.8, 4) is 0 Å². The van der Waals surface area contributed by atoms with Crippen molar-refractivity contribution in [2.75, 3.05) is 34.3 Å². The summed E-state index contributed by atoms with van der Waals surface area (Å²) in [6.45, 7) is 1.11. The number of likely N-dealkylation sites (N-methyl/N-ethyl adjacent to an activating group) is 1. The average molecular weight is 280 g/mol. The van der Waals surface area contributed by atoms with Crippen LogP contribution in [0.25, 0.3) is 0 Å². The zero-order valence-corrected chi connectivity index (χ0v) is 12.5. The van der Waals surface area contributed by atoms with Gasteiger partial charge in [-0.3, -0.25) is 4.57 Å². The molecule has 0 aromatic carbocycles. The van der Waals surface area contributed by atoms with Gasteiger partial charge in [-0.1, -0.05) is 0 Å². The van der Waals surface area contributed by atoms with Gasteiger partial charge in [0.1, 0.15) is 6.54 Å². The molecule has 0 saturated carbocycles. The molecule has 0 fully saturated rings. The molecular formula is C5H19CaClNO5P. The summed E-state index contributed by atoms with van der Waals surface area (Å²) in [5.41, 5.74) is 0. The van der Waals surface area contributed by atoms with E-state index >= 15 is 0 Å². The van der Waals surface area contributed by atoms with Gasteiger partial charge in [-0.05, 0) is 0 Å².